The van der Waals surface area contributed by atoms with Crippen LogP contribution in [0.5, 0.6) is 0 Å². The van der Waals surface area contributed by atoms with Crippen molar-refractivity contribution in [2.24, 2.45) is 11.5 Å². The molecule has 8 heteroatoms. The molecular weight excluding hydrogens is 194 g/mol. The number of carbonyl (C=O) groups excluding carboxylic acids is 3. The standard InChI is InChI=1S/C6H9N3O5/c7-5(11)13-3-1-2-9(4(3)10)14-6(8)12/h3H,1-2H2,(H2,7,11)(H2,8,12). The third kappa shape index (κ3) is 2.25. The zero-order valence-electron chi connectivity index (χ0n) is 7.13. The van der Waals surface area contributed by atoms with Gasteiger partial charge in [-0.15, -0.1) is 0 Å². The van der Waals surface area contributed by atoms with Gasteiger partial charge in [-0.2, -0.15) is 5.06 Å². The van der Waals surface area contributed by atoms with Gasteiger partial charge in [0.15, 0.2) is 6.10 Å². The Morgan fingerprint density at radius 3 is 2.50 bits per heavy atom. The van der Waals surface area contributed by atoms with Gasteiger partial charge in [0.2, 0.25) is 0 Å². The minimum absolute atomic E-state index is 0.125. The van der Waals surface area contributed by atoms with E-state index < -0.39 is 24.2 Å². The van der Waals surface area contributed by atoms with Crippen LogP contribution in [0.1, 0.15) is 6.42 Å². The number of hydroxylamine groups is 2. The smallest absolute Gasteiger partial charge is 0.429 e. The van der Waals surface area contributed by atoms with Gasteiger partial charge in [-0.1, -0.05) is 0 Å². The first-order valence-corrected chi connectivity index (χ1v) is 3.75. The number of hydrogen-bond acceptors (Lipinski definition) is 5. The minimum atomic E-state index is -1.10. The molecular formula is C6H9N3O5. The van der Waals surface area contributed by atoms with Crippen molar-refractivity contribution >= 4 is 18.1 Å². The van der Waals surface area contributed by atoms with Crippen molar-refractivity contribution in [3.8, 4) is 0 Å². The molecule has 0 aliphatic carbocycles. The second kappa shape index (κ2) is 3.81. The number of amides is 3. The minimum Gasteiger partial charge on any atom is -0.436 e. The summed E-state index contributed by atoms with van der Waals surface area (Å²) in [6.07, 6.45) is -2.93. The van der Waals surface area contributed by atoms with Crippen LogP contribution in [0.15, 0.2) is 0 Å². The number of rotatable bonds is 2. The molecule has 0 aromatic carbocycles. The van der Waals surface area contributed by atoms with E-state index in [9.17, 15) is 14.4 Å². The number of carbonyl (C=O) groups is 3. The van der Waals surface area contributed by atoms with Gasteiger partial charge >= 0.3 is 12.2 Å². The second-order valence-electron chi connectivity index (χ2n) is 2.56. The van der Waals surface area contributed by atoms with Gasteiger partial charge < -0.3 is 21.0 Å². The molecule has 3 amide bonds. The Labute approximate surface area is 78.7 Å². The molecule has 1 rings (SSSR count). The number of hydrogen-bond donors (Lipinski definition) is 2. The van der Waals surface area contributed by atoms with E-state index in [1.807, 2.05) is 0 Å². The fourth-order valence-corrected chi connectivity index (χ4v) is 1.08. The Balaban J connectivity index is 2.51. The normalized spacial score (nSPS) is 20.7. The molecule has 0 aromatic rings. The molecule has 1 aliphatic heterocycles. The first kappa shape index (κ1) is 10.1. The fourth-order valence-electron chi connectivity index (χ4n) is 1.08. The summed E-state index contributed by atoms with van der Waals surface area (Å²) in [6, 6.07) is 0. The van der Waals surface area contributed by atoms with Crippen LogP contribution in [0, 0.1) is 0 Å². The zero-order valence-corrected chi connectivity index (χ0v) is 7.13. The third-order valence-corrected chi connectivity index (χ3v) is 1.57. The molecule has 0 saturated carbocycles. The molecule has 1 fully saturated rings. The summed E-state index contributed by atoms with van der Waals surface area (Å²) in [6.45, 7) is 0.125. The highest BCUT2D eigenvalue weighted by Gasteiger charge is 2.36. The SMILES string of the molecule is NC(=O)OC1CCN(OC(N)=O)C1=O. The van der Waals surface area contributed by atoms with Gasteiger partial charge in [-0.3, -0.25) is 4.79 Å². The van der Waals surface area contributed by atoms with Gasteiger partial charge in [-0.05, 0) is 0 Å². The maximum Gasteiger partial charge on any atom is 0.429 e. The molecule has 0 aromatic heterocycles. The van der Waals surface area contributed by atoms with Crippen molar-refractivity contribution in [3.05, 3.63) is 0 Å². The Morgan fingerprint density at radius 1 is 1.36 bits per heavy atom. The molecule has 1 atom stereocenters. The lowest BCUT2D eigenvalue weighted by Crippen LogP contribution is -2.36. The Hall–Kier alpha value is -1.99. The molecule has 78 valence electrons. The monoisotopic (exact) mass is 203 g/mol. The lowest BCUT2D eigenvalue weighted by molar-refractivity contribution is -0.162. The highest BCUT2D eigenvalue weighted by Crippen LogP contribution is 2.14. The molecule has 0 bridgehead atoms. The van der Waals surface area contributed by atoms with Crippen molar-refractivity contribution in [3.63, 3.8) is 0 Å². The number of ether oxygens (including phenoxy) is 1. The summed E-state index contributed by atoms with van der Waals surface area (Å²) >= 11 is 0. The number of nitrogens with two attached hydrogens (primary N) is 2. The Morgan fingerprint density at radius 2 is 2.00 bits per heavy atom. The van der Waals surface area contributed by atoms with Crippen LogP contribution in [0.25, 0.3) is 0 Å². The van der Waals surface area contributed by atoms with Gasteiger partial charge in [0.1, 0.15) is 0 Å². The van der Waals surface area contributed by atoms with Gasteiger partial charge in [0.05, 0.1) is 6.54 Å². The highest BCUT2D eigenvalue weighted by atomic mass is 16.7. The van der Waals surface area contributed by atoms with E-state index in [1.54, 1.807) is 0 Å². The molecule has 0 spiro atoms. The summed E-state index contributed by atoms with van der Waals surface area (Å²) in [5.41, 5.74) is 9.41. The fraction of sp³-hybridized carbons (Fsp3) is 0.500. The van der Waals surface area contributed by atoms with E-state index in [0.29, 0.717) is 0 Å². The molecule has 8 nitrogen and oxygen atoms in total. The second-order valence-corrected chi connectivity index (χ2v) is 2.56. The van der Waals surface area contributed by atoms with Crippen molar-refractivity contribution in [2.75, 3.05) is 6.54 Å². The summed E-state index contributed by atoms with van der Waals surface area (Å²) in [7, 11) is 0. The average molecular weight is 203 g/mol. The predicted octanol–water partition coefficient (Wildman–Crippen LogP) is -1.31. The zero-order chi connectivity index (χ0) is 10.7. The summed E-state index contributed by atoms with van der Waals surface area (Å²) < 4.78 is 4.45. The molecule has 14 heavy (non-hydrogen) atoms. The molecule has 4 N–H and O–H groups in total. The van der Waals surface area contributed by atoms with Crippen LogP contribution >= 0.6 is 0 Å². The van der Waals surface area contributed by atoms with Gasteiger partial charge in [-0.25, -0.2) is 9.59 Å². The van der Waals surface area contributed by atoms with Crippen LogP contribution in [-0.2, 0) is 14.4 Å². The Kier molecular flexibility index (Phi) is 2.75. The van der Waals surface area contributed by atoms with Crippen LogP contribution in [0.4, 0.5) is 9.59 Å². The van der Waals surface area contributed by atoms with Crippen molar-refractivity contribution < 1.29 is 24.0 Å². The molecule has 1 unspecified atom stereocenters. The third-order valence-electron chi connectivity index (χ3n) is 1.57. The lowest BCUT2D eigenvalue weighted by Gasteiger charge is -2.13. The van der Waals surface area contributed by atoms with Crippen LogP contribution in [-0.4, -0.2) is 35.8 Å². The topological polar surface area (TPSA) is 125 Å². The highest BCUT2D eigenvalue weighted by molar-refractivity contribution is 5.85. The van der Waals surface area contributed by atoms with E-state index in [4.69, 9.17) is 11.5 Å². The van der Waals surface area contributed by atoms with Crippen LogP contribution in [0.3, 0.4) is 0 Å². The van der Waals surface area contributed by atoms with Crippen molar-refractivity contribution in [1.29, 1.82) is 0 Å². The molecule has 1 heterocycles. The first-order valence-electron chi connectivity index (χ1n) is 3.75. The number of primary amides is 2. The lowest BCUT2D eigenvalue weighted by atomic mass is 10.3. The molecule has 0 radical (unpaired) electrons. The summed E-state index contributed by atoms with van der Waals surface area (Å²) in [4.78, 5) is 36.2. The van der Waals surface area contributed by atoms with Gasteiger partial charge in [0.25, 0.3) is 5.91 Å². The maximum atomic E-state index is 11.2. The van der Waals surface area contributed by atoms with E-state index in [2.05, 4.69) is 9.57 Å². The predicted molar refractivity (Wildman–Crippen MR) is 41.5 cm³/mol. The largest absolute Gasteiger partial charge is 0.436 e. The summed E-state index contributed by atoms with van der Waals surface area (Å²) in [5.74, 6) is -0.650. The van der Waals surface area contributed by atoms with E-state index >= 15 is 0 Å². The van der Waals surface area contributed by atoms with E-state index in [-0.39, 0.29) is 13.0 Å². The van der Waals surface area contributed by atoms with E-state index in [0.717, 1.165) is 5.06 Å². The summed E-state index contributed by atoms with van der Waals surface area (Å²) in [5, 5.41) is 0.732. The molecule has 1 saturated heterocycles. The number of nitrogens with zero attached hydrogens (tertiary/aromatic N) is 1. The van der Waals surface area contributed by atoms with Crippen molar-refractivity contribution in [1.82, 2.24) is 5.06 Å². The first-order chi connectivity index (χ1) is 6.50. The van der Waals surface area contributed by atoms with Crippen LogP contribution < -0.4 is 11.5 Å². The average Bonchev–Trinajstić information content (AvgIpc) is 2.34. The van der Waals surface area contributed by atoms with Crippen LogP contribution in [0.2, 0.25) is 0 Å². The van der Waals surface area contributed by atoms with Gasteiger partial charge in [0, 0.05) is 6.42 Å². The maximum absolute atomic E-state index is 11.2. The van der Waals surface area contributed by atoms with Crippen molar-refractivity contribution in [2.45, 2.75) is 12.5 Å². The molecule has 1 aliphatic rings. The Bertz CT molecular complexity index is 253. The quantitative estimate of drug-likeness (QED) is 0.576. The van der Waals surface area contributed by atoms with E-state index in [1.165, 1.54) is 0 Å².